The van der Waals surface area contributed by atoms with Crippen LogP contribution >= 0.6 is 0 Å². The summed E-state index contributed by atoms with van der Waals surface area (Å²) in [6, 6.07) is 0. The van der Waals surface area contributed by atoms with Gasteiger partial charge in [-0.2, -0.15) is 0 Å². The Hall–Kier alpha value is -0.900. The van der Waals surface area contributed by atoms with E-state index in [0.29, 0.717) is 11.8 Å². The van der Waals surface area contributed by atoms with Gasteiger partial charge in [0, 0.05) is 12.3 Å². The van der Waals surface area contributed by atoms with Crippen molar-refractivity contribution in [2.45, 2.75) is 51.0 Å². The average molecular weight is 264 g/mol. The van der Waals surface area contributed by atoms with Crippen molar-refractivity contribution in [3.63, 3.8) is 0 Å². The molecule has 1 amide bonds. The lowest BCUT2D eigenvalue weighted by Crippen LogP contribution is -2.54. The van der Waals surface area contributed by atoms with Gasteiger partial charge in [0.15, 0.2) is 0 Å². The van der Waals surface area contributed by atoms with Crippen molar-refractivity contribution in [2.75, 3.05) is 0 Å². The molecule has 4 bridgehead atoms. The molecule has 4 N–H and O–H groups in total. The van der Waals surface area contributed by atoms with E-state index in [0.717, 1.165) is 11.8 Å². The van der Waals surface area contributed by atoms with E-state index in [1.165, 1.54) is 32.1 Å². The molecule has 1 atom stereocenters. The second-order valence-electron chi connectivity index (χ2n) is 7.38. The van der Waals surface area contributed by atoms with E-state index in [1.54, 1.807) is 6.92 Å². The summed E-state index contributed by atoms with van der Waals surface area (Å²) in [7, 11) is 0. The van der Waals surface area contributed by atoms with Crippen LogP contribution in [0.25, 0.3) is 0 Å². The van der Waals surface area contributed by atoms with E-state index in [1.807, 2.05) is 0 Å². The van der Waals surface area contributed by atoms with E-state index in [9.17, 15) is 9.59 Å². The highest BCUT2D eigenvalue weighted by atomic mass is 16.2. The van der Waals surface area contributed by atoms with Gasteiger partial charge in [-0.25, -0.2) is 0 Å². The minimum atomic E-state index is -1.19. The number of hydrogen-bond acceptors (Lipinski definition) is 3. The third-order valence-electron chi connectivity index (χ3n) is 5.70. The van der Waals surface area contributed by atoms with Crippen molar-refractivity contribution in [3.8, 4) is 0 Å². The Morgan fingerprint density at radius 2 is 1.53 bits per heavy atom. The number of ketones is 1. The maximum atomic E-state index is 12.6. The number of nitrogens with two attached hydrogens (primary N) is 2. The molecule has 106 valence electrons. The third-order valence-corrected chi connectivity index (χ3v) is 5.70. The number of carbonyl (C=O) groups is 2. The lowest BCUT2D eigenvalue weighted by Gasteiger charge is -2.54. The summed E-state index contributed by atoms with van der Waals surface area (Å²) in [5.74, 6) is 2.55. The lowest BCUT2D eigenvalue weighted by atomic mass is 9.51. The smallest absolute Gasteiger partial charge is 0.237 e. The molecule has 1 unspecified atom stereocenters. The van der Waals surface area contributed by atoms with Gasteiger partial charge in [0.05, 0.1) is 5.54 Å². The number of hydrogen-bond donors (Lipinski definition) is 2. The van der Waals surface area contributed by atoms with Crippen LogP contribution in [0.15, 0.2) is 0 Å². The molecule has 4 heteroatoms. The van der Waals surface area contributed by atoms with E-state index < -0.39 is 11.4 Å². The zero-order chi connectivity index (χ0) is 13.8. The molecular formula is C15H24N2O2. The average Bonchev–Trinajstić information content (AvgIpc) is 2.26. The standard InChI is InChI=1S/C15H24N2O2/c1-15(17,14(16)19)7-12(18)13-10-3-8-2-9(5-10)6-11(13)4-8/h8-11,13H,2-7,17H2,1H3,(H2,16,19). The molecule has 0 aromatic rings. The molecule has 4 aliphatic carbocycles. The first-order chi connectivity index (χ1) is 8.87. The van der Waals surface area contributed by atoms with Crippen molar-refractivity contribution >= 4 is 11.7 Å². The zero-order valence-electron chi connectivity index (χ0n) is 11.6. The van der Waals surface area contributed by atoms with Gasteiger partial charge >= 0.3 is 0 Å². The van der Waals surface area contributed by atoms with Crippen molar-refractivity contribution in [1.82, 2.24) is 0 Å². The van der Waals surface area contributed by atoms with Crippen LogP contribution in [0.4, 0.5) is 0 Å². The Morgan fingerprint density at radius 1 is 1.05 bits per heavy atom. The van der Waals surface area contributed by atoms with Crippen LogP contribution < -0.4 is 11.5 Å². The molecule has 0 radical (unpaired) electrons. The molecule has 4 saturated carbocycles. The molecule has 4 fully saturated rings. The van der Waals surface area contributed by atoms with E-state index in [2.05, 4.69) is 0 Å². The monoisotopic (exact) mass is 264 g/mol. The Bertz CT molecular complexity index is 388. The van der Waals surface area contributed by atoms with Crippen LogP contribution in [0.2, 0.25) is 0 Å². The second kappa shape index (κ2) is 4.30. The minimum Gasteiger partial charge on any atom is -0.368 e. The highest BCUT2D eigenvalue weighted by molar-refractivity contribution is 5.92. The van der Waals surface area contributed by atoms with Gasteiger partial charge in [-0.1, -0.05) is 0 Å². The highest BCUT2D eigenvalue weighted by Gasteiger charge is 2.51. The van der Waals surface area contributed by atoms with Gasteiger partial charge in [0.2, 0.25) is 5.91 Å². The minimum absolute atomic E-state index is 0.106. The quantitative estimate of drug-likeness (QED) is 0.800. The molecule has 0 aromatic carbocycles. The molecule has 4 aliphatic rings. The molecular weight excluding hydrogens is 240 g/mol. The van der Waals surface area contributed by atoms with Gasteiger partial charge in [-0.05, 0) is 62.7 Å². The first-order valence-corrected chi connectivity index (χ1v) is 7.48. The summed E-state index contributed by atoms with van der Waals surface area (Å²) < 4.78 is 0. The molecule has 0 heterocycles. The summed E-state index contributed by atoms with van der Waals surface area (Å²) in [5.41, 5.74) is 9.95. The van der Waals surface area contributed by atoms with Gasteiger partial charge in [0.1, 0.15) is 5.78 Å². The maximum absolute atomic E-state index is 12.6. The predicted octanol–water partition coefficient (Wildman–Crippen LogP) is 1.22. The predicted molar refractivity (Wildman–Crippen MR) is 71.9 cm³/mol. The maximum Gasteiger partial charge on any atom is 0.237 e. The SMILES string of the molecule is CC(N)(CC(=O)C1C2CC3CC(C2)CC1C3)C(N)=O. The normalized spacial score (nSPS) is 42.9. The van der Waals surface area contributed by atoms with E-state index in [4.69, 9.17) is 11.5 Å². The van der Waals surface area contributed by atoms with Crippen molar-refractivity contribution < 1.29 is 9.59 Å². The van der Waals surface area contributed by atoms with Crippen LogP contribution in [0.3, 0.4) is 0 Å². The first-order valence-electron chi connectivity index (χ1n) is 7.48. The summed E-state index contributed by atoms with van der Waals surface area (Å²) >= 11 is 0. The van der Waals surface area contributed by atoms with Crippen LogP contribution in [-0.2, 0) is 9.59 Å². The number of rotatable bonds is 4. The fourth-order valence-electron chi connectivity index (χ4n) is 5.02. The van der Waals surface area contributed by atoms with Crippen molar-refractivity contribution in [1.29, 1.82) is 0 Å². The molecule has 19 heavy (non-hydrogen) atoms. The number of primary amides is 1. The molecule has 0 spiro atoms. The fraction of sp³-hybridized carbons (Fsp3) is 0.867. The fourth-order valence-corrected chi connectivity index (χ4v) is 5.02. The summed E-state index contributed by atoms with van der Waals surface area (Å²) in [4.78, 5) is 23.9. The molecule has 0 aromatic heterocycles. The highest BCUT2D eigenvalue weighted by Crippen LogP contribution is 2.57. The largest absolute Gasteiger partial charge is 0.368 e. The number of Topliss-reactive ketones (excluding diaryl/α,β-unsaturated/α-hetero) is 1. The van der Waals surface area contributed by atoms with Gasteiger partial charge in [0.25, 0.3) is 0 Å². The molecule has 0 saturated heterocycles. The summed E-state index contributed by atoms with van der Waals surface area (Å²) in [5, 5.41) is 0. The number of amides is 1. The summed E-state index contributed by atoms with van der Waals surface area (Å²) in [6.07, 6.45) is 6.32. The Labute approximate surface area is 114 Å². The van der Waals surface area contributed by atoms with Crippen LogP contribution in [0.1, 0.15) is 45.4 Å². The van der Waals surface area contributed by atoms with E-state index >= 15 is 0 Å². The first kappa shape index (κ1) is 13.1. The Kier molecular flexibility index (Phi) is 2.97. The molecule has 4 rings (SSSR count). The second-order valence-corrected chi connectivity index (χ2v) is 7.38. The molecule has 0 aliphatic heterocycles. The van der Waals surface area contributed by atoms with Crippen LogP contribution in [-0.4, -0.2) is 17.2 Å². The van der Waals surface area contributed by atoms with Crippen molar-refractivity contribution in [2.24, 2.45) is 41.1 Å². The lowest BCUT2D eigenvalue weighted by molar-refractivity contribution is -0.139. The Morgan fingerprint density at radius 3 is 1.95 bits per heavy atom. The third kappa shape index (κ3) is 2.20. The van der Waals surface area contributed by atoms with Gasteiger partial charge in [-0.15, -0.1) is 0 Å². The van der Waals surface area contributed by atoms with Gasteiger partial charge in [-0.3, -0.25) is 9.59 Å². The van der Waals surface area contributed by atoms with E-state index in [-0.39, 0.29) is 18.1 Å². The van der Waals surface area contributed by atoms with Gasteiger partial charge < -0.3 is 11.5 Å². The zero-order valence-corrected chi connectivity index (χ0v) is 11.6. The number of carbonyl (C=O) groups excluding carboxylic acids is 2. The summed E-state index contributed by atoms with van der Waals surface area (Å²) in [6.45, 7) is 1.57. The van der Waals surface area contributed by atoms with Crippen LogP contribution in [0, 0.1) is 29.6 Å². The topological polar surface area (TPSA) is 86.2 Å². The van der Waals surface area contributed by atoms with Crippen molar-refractivity contribution in [3.05, 3.63) is 0 Å². The van der Waals surface area contributed by atoms with Crippen LogP contribution in [0.5, 0.6) is 0 Å². The molecule has 4 nitrogen and oxygen atoms in total. The Balaban J connectivity index is 1.72.